The summed E-state index contributed by atoms with van der Waals surface area (Å²) in [5, 5.41) is 6.23. The van der Waals surface area contributed by atoms with Crippen LogP contribution in [0.1, 0.15) is 39.2 Å². The zero-order valence-corrected chi connectivity index (χ0v) is 16.2. The van der Waals surface area contributed by atoms with E-state index in [9.17, 15) is 9.18 Å². The second-order valence-electron chi connectivity index (χ2n) is 7.76. The Kier molecular flexibility index (Phi) is 7.09. The number of allylic oxidation sites excluding steroid dienone is 1. The Labute approximate surface area is 156 Å². The number of benzene rings is 1. The number of hydrogen-bond donors (Lipinski definition) is 2. The summed E-state index contributed by atoms with van der Waals surface area (Å²) in [7, 11) is 1.80. The molecular formula is C21H30FN3O. The highest BCUT2D eigenvalue weighted by atomic mass is 19.1. The van der Waals surface area contributed by atoms with Crippen molar-refractivity contribution < 1.29 is 9.18 Å². The third-order valence-electron chi connectivity index (χ3n) is 4.59. The molecule has 4 nitrogen and oxygen atoms in total. The number of nitrogens with one attached hydrogen (secondary N) is 2. The van der Waals surface area contributed by atoms with Crippen LogP contribution in [0.25, 0.3) is 0 Å². The maximum atomic E-state index is 13.1. The van der Waals surface area contributed by atoms with E-state index in [0.29, 0.717) is 18.8 Å². The lowest BCUT2D eigenvalue weighted by Gasteiger charge is -2.29. The predicted molar refractivity (Wildman–Crippen MR) is 105 cm³/mol. The predicted octanol–water partition coefficient (Wildman–Crippen LogP) is 3.28. The fourth-order valence-corrected chi connectivity index (χ4v) is 3.21. The molecule has 2 rings (SSSR count). The molecule has 0 saturated heterocycles. The third kappa shape index (κ3) is 6.37. The number of likely N-dealkylation sites (N-methyl/N-ethyl adjacent to an activating group) is 1. The second kappa shape index (κ2) is 9.08. The lowest BCUT2D eigenvalue weighted by atomic mass is 9.93. The molecule has 1 aliphatic heterocycles. The summed E-state index contributed by atoms with van der Waals surface area (Å²) < 4.78 is 13.1. The molecule has 142 valence electrons. The lowest BCUT2D eigenvalue weighted by Crippen LogP contribution is -2.52. The maximum Gasteiger partial charge on any atom is 0.237 e. The summed E-state index contributed by atoms with van der Waals surface area (Å²) >= 11 is 0. The number of rotatable bonds is 7. The summed E-state index contributed by atoms with van der Waals surface area (Å²) in [5.74, 6) is 0.187. The number of carbonyl (C=O) groups is 1. The SMILES string of the molecule is CN[C@H](CC1=CC(C)CCN=C1)C(=O)NC(C)(C)Cc1ccc(F)cc1. The Balaban J connectivity index is 1.99. The minimum Gasteiger partial charge on any atom is -0.350 e. The molecule has 0 aromatic heterocycles. The van der Waals surface area contributed by atoms with Crippen molar-refractivity contribution in [3.63, 3.8) is 0 Å². The van der Waals surface area contributed by atoms with Gasteiger partial charge in [-0.2, -0.15) is 0 Å². The summed E-state index contributed by atoms with van der Waals surface area (Å²) in [6.07, 6.45) is 6.39. The largest absolute Gasteiger partial charge is 0.350 e. The fourth-order valence-electron chi connectivity index (χ4n) is 3.21. The van der Waals surface area contributed by atoms with Crippen molar-refractivity contribution in [2.75, 3.05) is 13.6 Å². The number of hydrogen-bond acceptors (Lipinski definition) is 3. The Hall–Kier alpha value is -2.01. The molecule has 1 heterocycles. The van der Waals surface area contributed by atoms with Crippen LogP contribution in [0, 0.1) is 11.7 Å². The molecule has 5 heteroatoms. The van der Waals surface area contributed by atoms with Gasteiger partial charge in [-0.15, -0.1) is 0 Å². The number of aliphatic imine (C=N–C) groups is 1. The van der Waals surface area contributed by atoms with Gasteiger partial charge in [0.15, 0.2) is 0 Å². The van der Waals surface area contributed by atoms with E-state index in [1.165, 1.54) is 12.1 Å². The summed E-state index contributed by atoms with van der Waals surface area (Å²) in [5.41, 5.74) is 1.66. The van der Waals surface area contributed by atoms with Gasteiger partial charge in [-0.3, -0.25) is 9.79 Å². The summed E-state index contributed by atoms with van der Waals surface area (Å²) in [6, 6.07) is 6.09. The molecule has 26 heavy (non-hydrogen) atoms. The Morgan fingerprint density at radius 3 is 2.69 bits per heavy atom. The number of nitrogens with zero attached hydrogens (tertiary/aromatic N) is 1. The van der Waals surface area contributed by atoms with Crippen LogP contribution in [0.15, 0.2) is 40.9 Å². The number of amides is 1. The molecule has 1 aromatic carbocycles. The van der Waals surface area contributed by atoms with Crippen LogP contribution in [0.3, 0.4) is 0 Å². The van der Waals surface area contributed by atoms with E-state index in [1.54, 1.807) is 19.2 Å². The first-order valence-corrected chi connectivity index (χ1v) is 9.23. The van der Waals surface area contributed by atoms with Crippen LogP contribution < -0.4 is 10.6 Å². The van der Waals surface area contributed by atoms with Crippen molar-refractivity contribution in [1.82, 2.24) is 10.6 Å². The Morgan fingerprint density at radius 1 is 1.35 bits per heavy atom. The van der Waals surface area contributed by atoms with Gasteiger partial charge in [0.25, 0.3) is 0 Å². The van der Waals surface area contributed by atoms with Crippen LogP contribution in [0.5, 0.6) is 0 Å². The average Bonchev–Trinajstić information content (AvgIpc) is 2.78. The average molecular weight is 359 g/mol. The van der Waals surface area contributed by atoms with E-state index in [0.717, 1.165) is 24.1 Å². The molecule has 1 amide bonds. The van der Waals surface area contributed by atoms with Crippen LogP contribution >= 0.6 is 0 Å². The molecule has 1 aliphatic rings. The normalized spacial score (nSPS) is 18.8. The Morgan fingerprint density at radius 2 is 2.04 bits per heavy atom. The monoisotopic (exact) mass is 359 g/mol. The quantitative estimate of drug-likeness (QED) is 0.785. The minimum atomic E-state index is -0.427. The van der Waals surface area contributed by atoms with E-state index >= 15 is 0 Å². The van der Waals surface area contributed by atoms with Gasteiger partial charge in [0.1, 0.15) is 5.82 Å². The highest BCUT2D eigenvalue weighted by Crippen LogP contribution is 2.17. The van der Waals surface area contributed by atoms with E-state index in [1.807, 2.05) is 20.1 Å². The van der Waals surface area contributed by atoms with Gasteiger partial charge in [-0.05, 0) is 69.3 Å². The highest BCUT2D eigenvalue weighted by molar-refractivity contribution is 5.86. The van der Waals surface area contributed by atoms with Crippen LogP contribution in [0.4, 0.5) is 4.39 Å². The first-order chi connectivity index (χ1) is 12.3. The molecule has 0 saturated carbocycles. The van der Waals surface area contributed by atoms with Gasteiger partial charge in [-0.25, -0.2) is 4.39 Å². The fraction of sp³-hybridized carbons (Fsp3) is 0.524. The van der Waals surface area contributed by atoms with E-state index in [-0.39, 0.29) is 17.8 Å². The van der Waals surface area contributed by atoms with Crippen molar-refractivity contribution in [3.05, 3.63) is 47.3 Å². The van der Waals surface area contributed by atoms with Gasteiger partial charge in [-0.1, -0.05) is 25.1 Å². The topological polar surface area (TPSA) is 53.5 Å². The standard InChI is InChI=1S/C21H30FN3O/c1-15-9-10-24-14-17(11-15)12-19(23-4)20(26)25-21(2,3)13-16-5-7-18(22)8-6-16/h5-8,11,14-15,19,23H,9-10,12-13H2,1-4H3,(H,25,26)/t15?,19-/m1/s1. The molecular weight excluding hydrogens is 329 g/mol. The van der Waals surface area contributed by atoms with Crippen molar-refractivity contribution >= 4 is 12.1 Å². The molecule has 0 fully saturated rings. The van der Waals surface area contributed by atoms with Gasteiger partial charge >= 0.3 is 0 Å². The van der Waals surface area contributed by atoms with Crippen molar-refractivity contribution in [3.8, 4) is 0 Å². The van der Waals surface area contributed by atoms with Crippen LogP contribution in [-0.2, 0) is 11.2 Å². The number of carbonyl (C=O) groups excluding carboxylic acids is 1. The zero-order valence-electron chi connectivity index (χ0n) is 16.2. The van der Waals surface area contributed by atoms with E-state index < -0.39 is 5.54 Å². The first kappa shape index (κ1) is 20.3. The maximum absolute atomic E-state index is 13.1. The van der Waals surface area contributed by atoms with Gasteiger partial charge in [0, 0.05) is 18.3 Å². The molecule has 2 atom stereocenters. The van der Waals surface area contributed by atoms with Crippen molar-refractivity contribution in [2.24, 2.45) is 10.9 Å². The Bertz CT molecular complexity index is 664. The molecule has 0 spiro atoms. The summed E-state index contributed by atoms with van der Waals surface area (Å²) in [4.78, 5) is 17.2. The van der Waals surface area contributed by atoms with Crippen molar-refractivity contribution in [2.45, 2.75) is 51.6 Å². The molecule has 0 bridgehead atoms. The third-order valence-corrected chi connectivity index (χ3v) is 4.59. The first-order valence-electron chi connectivity index (χ1n) is 9.23. The van der Waals surface area contributed by atoms with Crippen molar-refractivity contribution in [1.29, 1.82) is 0 Å². The van der Waals surface area contributed by atoms with E-state index in [4.69, 9.17) is 0 Å². The minimum absolute atomic E-state index is 0.0363. The zero-order chi connectivity index (χ0) is 19.2. The van der Waals surface area contributed by atoms with Gasteiger partial charge in [0.05, 0.1) is 6.04 Å². The second-order valence-corrected chi connectivity index (χ2v) is 7.76. The lowest BCUT2D eigenvalue weighted by molar-refractivity contribution is -0.124. The summed E-state index contributed by atoms with van der Waals surface area (Å²) in [6.45, 7) is 6.97. The van der Waals surface area contributed by atoms with Gasteiger partial charge < -0.3 is 10.6 Å². The molecule has 0 aliphatic carbocycles. The number of halogens is 1. The molecule has 1 unspecified atom stereocenters. The van der Waals surface area contributed by atoms with Crippen LogP contribution in [-0.4, -0.2) is 37.3 Å². The van der Waals surface area contributed by atoms with Crippen LogP contribution in [0.2, 0.25) is 0 Å². The van der Waals surface area contributed by atoms with Gasteiger partial charge in [0.2, 0.25) is 5.91 Å². The molecule has 0 radical (unpaired) electrons. The highest BCUT2D eigenvalue weighted by Gasteiger charge is 2.26. The molecule has 2 N–H and O–H groups in total. The van der Waals surface area contributed by atoms with E-state index in [2.05, 4.69) is 28.6 Å². The smallest absolute Gasteiger partial charge is 0.237 e. The molecule has 1 aromatic rings.